The maximum absolute atomic E-state index is 12.4. The van der Waals surface area contributed by atoms with Crippen molar-refractivity contribution in [2.24, 2.45) is 11.8 Å². The molecule has 7 heteroatoms. The summed E-state index contributed by atoms with van der Waals surface area (Å²) in [6, 6.07) is 6.85. The summed E-state index contributed by atoms with van der Waals surface area (Å²) in [5.74, 6) is -0.451. The van der Waals surface area contributed by atoms with Crippen LogP contribution in [0.3, 0.4) is 0 Å². The summed E-state index contributed by atoms with van der Waals surface area (Å²) >= 11 is 0. The van der Waals surface area contributed by atoms with Crippen molar-refractivity contribution in [3.63, 3.8) is 0 Å². The van der Waals surface area contributed by atoms with Crippen molar-refractivity contribution in [1.29, 1.82) is 0 Å². The Kier molecular flexibility index (Phi) is 7.71. The summed E-state index contributed by atoms with van der Waals surface area (Å²) in [5, 5.41) is 12.9. The van der Waals surface area contributed by atoms with Gasteiger partial charge in [0.25, 0.3) is 5.91 Å². The van der Waals surface area contributed by atoms with E-state index < -0.39 is 12.1 Å². The van der Waals surface area contributed by atoms with Gasteiger partial charge in [-0.15, -0.1) is 0 Å². The second-order valence-corrected chi connectivity index (χ2v) is 8.41. The molecule has 1 fully saturated rings. The molecule has 0 spiro atoms. The van der Waals surface area contributed by atoms with E-state index in [0.717, 1.165) is 43.1 Å². The van der Waals surface area contributed by atoms with E-state index in [0.29, 0.717) is 36.6 Å². The number of hydrogen-bond acceptors (Lipinski definition) is 5. The van der Waals surface area contributed by atoms with Gasteiger partial charge in [-0.25, -0.2) is 4.79 Å². The monoisotopic (exact) mass is 429 g/mol. The van der Waals surface area contributed by atoms with Crippen LogP contribution in [0.5, 0.6) is 5.75 Å². The predicted octanol–water partition coefficient (Wildman–Crippen LogP) is 3.91. The molecule has 1 saturated carbocycles. The number of benzene rings is 1. The number of fused-ring (bicyclic) bond motifs is 1. The minimum Gasteiger partial charge on any atom is -0.481 e. The molecule has 0 unspecified atom stereocenters. The molecular formula is C24H31NO6. The zero-order valence-electron chi connectivity index (χ0n) is 18.2. The lowest BCUT2D eigenvalue weighted by Gasteiger charge is -2.26. The first-order valence-electron chi connectivity index (χ1n) is 11.1. The van der Waals surface area contributed by atoms with Gasteiger partial charge in [-0.3, -0.25) is 9.59 Å². The van der Waals surface area contributed by atoms with Crippen LogP contribution >= 0.6 is 0 Å². The van der Waals surface area contributed by atoms with Crippen LogP contribution in [0.2, 0.25) is 0 Å². The second-order valence-electron chi connectivity index (χ2n) is 8.41. The van der Waals surface area contributed by atoms with Crippen molar-refractivity contribution in [3.8, 4) is 5.75 Å². The third-order valence-electron chi connectivity index (χ3n) is 6.04. The Hall–Kier alpha value is -2.83. The van der Waals surface area contributed by atoms with E-state index in [4.69, 9.17) is 14.3 Å². The van der Waals surface area contributed by atoms with Gasteiger partial charge in [0.1, 0.15) is 11.3 Å². The molecule has 1 aromatic heterocycles. The summed E-state index contributed by atoms with van der Waals surface area (Å²) in [6.07, 6.45) is 5.05. The Morgan fingerprint density at radius 2 is 1.97 bits per heavy atom. The molecule has 0 radical (unpaired) electrons. The highest BCUT2D eigenvalue weighted by atomic mass is 16.5. The molecule has 1 aromatic carbocycles. The molecule has 0 aliphatic heterocycles. The summed E-state index contributed by atoms with van der Waals surface area (Å²) in [6.45, 7) is 4.30. The quantitative estimate of drug-likeness (QED) is 0.586. The van der Waals surface area contributed by atoms with Crippen LogP contribution in [0.1, 0.15) is 57.9 Å². The van der Waals surface area contributed by atoms with Crippen molar-refractivity contribution < 1.29 is 23.8 Å². The third kappa shape index (κ3) is 6.09. The molecule has 2 N–H and O–H groups in total. The fourth-order valence-corrected chi connectivity index (χ4v) is 4.12. The average molecular weight is 430 g/mol. The Morgan fingerprint density at radius 1 is 1.23 bits per heavy atom. The van der Waals surface area contributed by atoms with Gasteiger partial charge in [-0.2, -0.15) is 0 Å². The van der Waals surface area contributed by atoms with Crippen molar-refractivity contribution in [2.75, 3.05) is 6.54 Å². The normalized spacial score (nSPS) is 19.7. The average Bonchev–Trinajstić information content (AvgIpc) is 2.75. The lowest BCUT2D eigenvalue weighted by atomic mass is 9.82. The van der Waals surface area contributed by atoms with Gasteiger partial charge in [0.15, 0.2) is 6.10 Å². The number of carboxylic acid groups (broad SMARTS) is 1. The molecule has 3 rings (SSSR count). The molecule has 0 saturated heterocycles. The van der Waals surface area contributed by atoms with Crippen LogP contribution < -0.4 is 15.7 Å². The fourth-order valence-electron chi connectivity index (χ4n) is 4.12. The Balaban J connectivity index is 1.57. The van der Waals surface area contributed by atoms with Crippen LogP contribution in [0.4, 0.5) is 0 Å². The van der Waals surface area contributed by atoms with Gasteiger partial charge < -0.3 is 19.6 Å². The van der Waals surface area contributed by atoms with Crippen LogP contribution in [0.15, 0.2) is 33.5 Å². The SMILES string of the molecule is CCCCc1cc(=O)oc2cc(O[C@H](C)C(=O)NCC3CCC(C(=O)O)CC3)ccc12. The standard InChI is InChI=1S/C24H31NO6/c1-3-4-5-18-12-22(26)31-21-13-19(10-11-20(18)21)30-15(2)23(27)25-14-16-6-8-17(9-7-16)24(28)29/h10-13,15-17H,3-9,14H2,1-2H3,(H,25,27)(H,28,29)/t15-,16?,17?/m1/s1. The summed E-state index contributed by atoms with van der Waals surface area (Å²) < 4.78 is 11.1. The van der Waals surface area contributed by atoms with Crippen LogP contribution in [-0.2, 0) is 16.0 Å². The van der Waals surface area contributed by atoms with Gasteiger partial charge in [-0.1, -0.05) is 13.3 Å². The number of carboxylic acids is 1. The van der Waals surface area contributed by atoms with E-state index in [9.17, 15) is 14.4 Å². The van der Waals surface area contributed by atoms with Crippen molar-refractivity contribution in [3.05, 3.63) is 40.2 Å². The van der Waals surface area contributed by atoms with Gasteiger partial charge in [0, 0.05) is 24.1 Å². The second kappa shape index (κ2) is 10.5. The van der Waals surface area contributed by atoms with Gasteiger partial charge in [-0.05, 0) is 69.1 Å². The Labute approximate surface area is 181 Å². The zero-order chi connectivity index (χ0) is 22.4. The van der Waals surface area contributed by atoms with Gasteiger partial charge >= 0.3 is 11.6 Å². The van der Waals surface area contributed by atoms with Crippen molar-refractivity contribution in [2.45, 2.75) is 64.9 Å². The first-order chi connectivity index (χ1) is 14.9. The molecule has 31 heavy (non-hydrogen) atoms. The molecule has 2 aromatic rings. The Bertz CT molecular complexity index is 974. The molecule has 1 aliphatic rings. The number of aliphatic carboxylic acids is 1. The Morgan fingerprint density at radius 3 is 2.65 bits per heavy atom. The minimum atomic E-state index is -0.729. The minimum absolute atomic E-state index is 0.224. The van der Waals surface area contributed by atoms with E-state index in [2.05, 4.69) is 12.2 Å². The maximum atomic E-state index is 12.4. The van der Waals surface area contributed by atoms with E-state index in [1.807, 2.05) is 6.07 Å². The van der Waals surface area contributed by atoms with Crippen LogP contribution in [0.25, 0.3) is 11.0 Å². The number of amides is 1. The highest BCUT2D eigenvalue weighted by Gasteiger charge is 2.26. The van der Waals surface area contributed by atoms with Crippen molar-refractivity contribution in [1.82, 2.24) is 5.32 Å². The number of hydrogen-bond donors (Lipinski definition) is 2. The number of rotatable bonds is 9. The lowest BCUT2D eigenvalue weighted by Crippen LogP contribution is -2.39. The largest absolute Gasteiger partial charge is 0.481 e. The zero-order valence-corrected chi connectivity index (χ0v) is 18.2. The molecule has 7 nitrogen and oxygen atoms in total. The van der Waals surface area contributed by atoms with E-state index in [-0.39, 0.29) is 17.5 Å². The molecule has 1 amide bonds. The first kappa shape index (κ1) is 22.8. The number of carbonyl (C=O) groups excluding carboxylic acids is 1. The highest BCUT2D eigenvalue weighted by molar-refractivity contribution is 5.83. The lowest BCUT2D eigenvalue weighted by molar-refractivity contribution is -0.143. The smallest absolute Gasteiger partial charge is 0.336 e. The van der Waals surface area contributed by atoms with Crippen molar-refractivity contribution >= 4 is 22.8 Å². The topological polar surface area (TPSA) is 106 Å². The fraction of sp³-hybridized carbons (Fsp3) is 0.542. The molecule has 1 heterocycles. The predicted molar refractivity (Wildman–Crippen MR) is 117 cm³/mol. The molecule has 1 atom stereocenters. The summed E-state index contributed by atoms with van der Waals surface area (Å²) in [7, 11) is 0. The number of carbonyl (C=O) groups is 2. The number of nitrogens with one attached hydrogen (secondary N) is 1. The van der Waals surface area contributed by atoms with E-state index in [1.54, 1.807) is 25.1 Å². The highest BCUT2D eigenvalue weighted by Crippen LogP contribution is 2.28. The molecule has 1 aliphatic carbocycles. The van der Waals surface area contributed by atoms with Crippen LogP contribution in [0, 0.1) is 11.8 Å². The van der Waals surface area contributed by atoms with E-state index >= 15 is 0 Å². The number of unbranched alkanes of at least 4 members (excludes halogenated alkanes) is 1. The van der Waals surface area contributed by atoms with Gasteiger partial charge in [0.05, 0.1) is 5.92 Å². The molecule has 168 valence electrons. The molecule has 0 bridgehead atoms. The third-order valence-corrected chi connectivity index (χ3v) is 6.04. The maximum Gasteiger partial charge on any atom is 0.336 e. The van der Waals surface area contributed by atoms with Crippen LogP contribution in [-0.4, -0.2) is 29.6 Å². The van der Waals surface area contributed by atoms with Gasteiger partial charge in [0.2, 0.25) is 0 Å². The molecular weight excluding hydrogens is 398 g/mol. The number of ether oxygens (including phenoxy) is 1. The van der Waals surface area contributed by atoms with E-state index in [1.165, 1.54) is 0 Å². The number of aryl methyl sites for hydroxylation is 1. The summed E-state index contributed by atoms with van der Waals surface area (Å²) in [5.41, 5.74) is 1.03. The first-order valence-corrected chi connectivity index (χ1v) is 11.1. The summed E-state index contributed by atoms with van der Waals surface area (Å²) in [4.78, 5) is 35.4.